The Morgan fingerprint density at radius 2 is 2.29 bits per heavy atom. The van der Waals surface area contributed by atoms with E-state index in [9.17, 15) is 0 Å². The largest absolute Gasteiger partial charge is 0.374 e. The molecule has 0 radical (unpaired) electrons. The van der Waals surface area contributed by atoms with Crippen LogP contribution in [0, 0.1) is 5.92 Å². The van der Waals surface area contributed by atoms with Gasteiger partial charge in [0.05, 0.1) is 0 Å². The Hall–Kier alpha value is -0.830. The fourth-order valence-electron chi connectivity index (χ4n) is 2.21. The number of hydrazine groups is 2. The molecular weight excluding hydrogens is 256 g/mol. The van der Waals surface area contributed by atoms with Gasteiger partial charge in [0.25, 0.3) is 0 Å². The van der Waals surface area contributed by atoms with Crippen LogP contribution in [0.5, 0.6) is 0 Å². The number of nitrogens with two attached hydrogens (primary N) is 2. The van der Waals surface area contributed by atoms with E-state index in [1.807, 2.05) is 6.20 Å². The molecule has 0 amide bonds. The number of nitrogens with one attached hydrogen (secondary N) is 1. The van der Waals surface area contributed by atoms with Gasteiger partial charge in [-0.3, -0.25) is 0 Å². The molecule has 3 rings (SSSR count). The first-order valence-electron chi connectivity index (χ1n) is 5.47. The minimum absolute atomic E-state index is 0.559. The van der Waals surface area contributed by atoms with Gasteiger partial charge in [0.1, 0.15) is 5.01 Å². The van der Waals surface area contributed by atoms with E-state index in [0.29, 0.717) is 11.0 Å². The molecule has 1 saturated carbocycles. The van der Waals surface area contributed by atoms with E-state index < -0.39 is 0 Å². The molecule has 17 heavy (non-hydrogen) atoms. The second-order valence-corrected chi connectivity index (χ2v) is 6.51. The lowest BCUT2D eigenvalue weighted by molar-refractivity contribution is 0.264. The van der Waals surface area contributed by atoms with Crippen LogP contribution in [-0.2, 0) is 0 Å². The smallest absolute Gasteiger partial charge is 0.203 e. The normalized spacial score (nSPS) is 28.6. The maximum Gasteiger partial charge on any atom is 0.203 e. The van der Waals surface area contributed by atoms with Crippen molar-refractivity contribution in [3.8, 4) is 0 Å². The van der Waals surface area contributed by atoms with Gasteiger partial charge in [-0.1, -0.05) is 15.9 Å². The maximum atomic E-state index is 5.58. The first kappa shape index (κ1) is 11.3. The van der Waals surface area contributed by atoms with Gasteiger partial charge in [-0.05, 0) is 37.1 Å². The van der Waals surface area contributed by atoms with E-state index in [-0.39, 0.29) is 0 Å². The highest BCUT2D eigenvalue weighted by atomic mass is 32.2. The van der Waals surface area contributed by atoms with E-state index in [4.69, 9.17) is 11.6 Å². The zero-order valence-electron chi connectivity index (χ0n) is 9.17. The molecule has 92 valence electrons. The second kappa shape index (κ2) is 4.45. The molecule has 5 N–H and O–H groups in total. The summed E-state index contributed by atoms with van der Waals surface area (Å²) in [7, 11) is 0. The topological polar surface area (TPSA) is 93.1 Å². The van der Waals surface area contributed by atoms with Crippen molar-refractivity contribution in [2.75, 3.05) is 5.73 Å². The fraction of sp³-hybridized carbons (Fsp3) is 0.556. The zero-order valence-corrected chi connectivity index (χ0v) is 10.8. The molecule has 1 aliphatic heterocycles. The van der Waals surface area contributed by atoms with Gasteiger partial charge in [-0.2, -0.15) is 0 Å². The minimum Gasteiger partial charge on any atom is -0.374 e. The number of rotatable bonds is 3. The molecule has 0 saturated heterocycles. The number of aromatic nitrogens is 2. The van der Waals surface area contributed by atoms with Crippen molar-refractivity contribution in [3.05, 3.63) is 16.1 Å². The van der Waals surface area contributed by atoms with Crippen LogP contribution in [-0.4, -0.2) is 14.7 Å². The molecule has 1 aromatic rings. The first-order chi connectivity index (χ1) is 8.20. The Labute approximate surface area is 108 Å². The number of hydrogen-bond donors (Lipinski definition) is 3. The molecule has 0 unspecified atom stereocenters. The molecule has 6 nitrogen and oxygen atoms in total. The van der Waals surface area contributed by atoms with Crippen molar-refractivity contribution in [3.63, 3.8) is 0 Å². The van der Waals surface area contributed by atoms with E-state index in [0.717, 1.165) is 17.3 Å². The average Bonchev–Trinajstić information content (AvgIpc) is 2.81. The van der Waals surface area contributed by atoms with Crippen LogP contribution in [0.4, 0.5) is 5.13 Å². The van der Waals surface area contributed by atoms with Crippen molar-refractivity contribution >= 4 is 28.4 Å². The van der Waals surface area contributed by atoms with Crippen LogP contribution in [0.2, 0.25) is 0 Å². The van der Waals surface area contributed by atoms with E-state index in [1.165, 1.54) is 33.6 Å². The summed E-state index contributed by atoms with van der Waals surface area (Å²) < 4.78 is 1.52. The number of anilines is 1. The summed E-state index contributed by atoms with van der Waals surface area (Å²) in [5.41, 5.74) is 8.53. The molecule has 0 atom stereocenters. The lowest BCUT2D eigenvalue weighted by Gasteiger charge is -2.33. The fourth-order valence-corrected chi connectivity index (χ4v) is 3.72. The van der Waals surface area contributed by atoms with Gasteiger partial charge in [0.15, 0.2) is 0 Å². The van der Waals surface area contributed by atoms with Crippen LogP contribution in [0.25, 0.3) is 0 Å². The van der Waals surface area contributed by atoms with Gasteiger partial charge >= 0.3 is 0 Å². The molecule has 2 heterocycles. The number of hydrogen-bond acceptors (Lipinski definition) is 8. The molecule has 1 fully saturated rings. The summed E-state index contributed by atoms with van der Waals surface area (Å²) in [6, 6.07) is 0. The van der Waals surface area contributed by atoms with E-state index >= 15 is 0 Å². The summed E-state index contributed by atoms with van der Waals surface area (Å²) in [6.45, 7) is 0. The lowest BCUT2D eigenvalue weighted by atomic mass is 9.73. The summed E-state index contributed by atoms with van der Waals surface area (Å²) in [6.07, 6.45) is 5.42. The van der Waals surface area contributed by atoms with E-state index in [1.54, 1.807) is 11.9 Å². The van der Waals surface area contributed by atoms with Gasteiger partial charge in [-0.15, -0.1) is 10.2 Å². The summed E-state index contributed by atoms with van der Waals surface area (Å²) in [4.78, 5) is 1.30. The van der Waals surface area contributed by atoms with Crippen LogP contribution >= 0.6 is 23.3 Å². The number of nitrogen functional groups attached to an aromatic ring is 1. The molecule has 2 aliphatic rings. The molecule has 8 heteroatoms. The Bertz CT molecular complexity index is 438. The summed E-state index contributed by atoms with van der Waals surface area (Å²) in [5.74, 6) is 6.88. The van der Waals surface area contributed by atoms with Crippen molar-refractivity contribution in [2.24, 2.45) is 11.8 Å². The monoisotopic (exact) mass is 270 g/mol. The van der Waals surface area contributed by atoms with Gasteiger partial charge in [-0.25, -0.2) is 5.84 Å². The van der Waals surface area contributed by atoms with Gasteiger partial charge in [0, 0.05) is 17.0 Å². The quantitative estimate of drug-likeness (QED) is 0.561. The highest BCUT2D eigenvalue weighted by molar-refractivity contribution is 8.00. The Kier molecular flexibility index (Phi) is 2.95. The van der Waals surface area contributed by atoms with Crippen LogP contribution in [0.1, 0.15) is 30.2 Å². The molecule has 1 aliphatic carbocycles. The number of allylic oxidation sites excluding steroid dienone is 1. The number of nitrogens with zero attached hydrogens (tertiary/aromatic N) is 3. The van der Waals surface area contributed by atoms with Gasteiger partial charge < -0.3 is 11.2 Å². The molecule has 0 spiro atoms. The third-order valence-corrected chi connectivity index (χ3v) is 4.84. The van der Waals surface area contributed by atoms with Crippen molar-refractivity contribution in [2.45, 2.75) is 25.2 Å². The summed E-state index contributed by atoms with van der Waals surface area (Å²) >= 11 is 3.07. The highest BCUT2D eigenvalue weighted by Crippen LogP contribution is 2.47. The lowest BCUT2D eigenvalue weighted by Crippen LogP contribution is -2.30. The first-order valence-corrected chi connectivity index (χ1v) is 7.06. The minimum atomic E-state index is 0.559. The van der Waals surface area contributed by atoms with Crippen molar-refractivity contribution in [1.29, 1.82) is 0 Å². The highest BCUT2D eigenvalue weighted by Gasteiger charge is 2.33. The Morgan fingerprint density at radius 3 is 2.88 bits per heavy atom. The zero-order chi connectivity index (χ0) is 11.8. The van der Waals surface area contributed by atoms with Crippen LogP contribution < -0.4 is 17.0 Å². The predicted octanol–water partition coefficient (Wildman–Crippen LogP) is 1.19. The van der Waals surface area contributed by atoms with Crippen LogP contribution in [0.15, 0.2) is 11.1 Å². The third-order valence-electron chi connectivity index (χ3n) is 3.10. The SMILES string of the molecule is Nc1nnc(C2CC(CC3=CNN(N)S3)C2)s1. The van der Waals surface area contributed by atoms with Gasteiger partial charge in [0.2, 0.25) is 5.13 Å². The summed E-state index contributed by atoms with van der Waals surface area (Å²) in [5, 5.41) is 9.61. The van der Waals surface area contributed by atoms with Crippen molar-refractivity contribution in [1.82, 2.24) is 20.1 Å². The Morgan fingerprint density at radius 1 is 1.47 bits per heavy atom. The third kappa shape index (κ3) is 2.39. The standard InChI is InChI=1S/C9H14N6S2/c10-9-14-13-8(16-9)6-1-5(2-6)3-7-4-12-15(11)17-7/h4-6,12H,1-3,11H2,(H2,10,14). The average molecular weight is 270 g/mol. The van der Waals surface area contributed by atoms with E-state index in [2.05, 4.69) is 15.6 Å². The second-order valence-electron chi connectivity index (χ2n) is 4.37. The Balaban J connectivity index is 1.49. The maximum absolute atomic E-state index is 5.58. The molecule has 0 aromatic carbocycles. The van der Waals surface area contributed by atoms with Crippen LogP contribution in [0.3, 0.4) is 0 Å². The van der Waals surface area contributed by atoms with Crippen molar-refractivity contribution < 1.29 is 0 Å². The predicted molar refractivity (Wildman–Crippen MR) is 69.2 cm³/mol. The molecular formula is C9H14N6S2. The molecule has 1 aromatic heterocycles. The molecule has 0 bridgehead atoms.